The third-order valence-corrected chi connectivity index (χ3v) is 7.01. The molecule has 2 aromatic carbocycles. The van der Waals surface area contributed by atoms with Crippen LogP contribution in [-0.4, -0.2) is 39.0 Å². The third kappa shape index (κ3) is 4.09. The van der Waals surface area contributed by atoms with Crippen molar-refractivity contribution in [1.29, 1.82) is 0 Å². The number of amidine groups is 2. The van der Waals surface area contributed by atoms with Gasteiger partial charge in [-0.25, -0.2) is 9.89 Å². The maximum atomic E-state index is 13.2. The van der Waals surface area contributed by atoms with E-state index in [4.69, 9.17) is 9.98 Å². The first-order chi connectivity index (χ1) is 15.3. The summed E-state index contributed by atoms with van der Waals surface area (Å²) in [7, 11) is 0. The molecule has 7 heteroatoms. The fraction of sp³-hybridized carbons (Fsp3) is 0.360. The van der Waals surface area contributed by atoms with Crippen molar-refractivity contribution in [1.82, 2.24) is 4.90 Å². The molecule has 0 saturated carbocycles. The van der Waals surface area contributed by atoms with Crippen LogP contribution in [0.25, 0.3) is 0 Å². The van der Waals surface area contributed by atoms with E-state index in [2.05, 4.69) is 5.32 Å². The Morgan fingerprint density at radius 1 is 1.19 bits per heavy atom. The SMILES string of the molecule is CC[C@@H](SC1=Nc2ccccc2C2=N[C@@H](C(C)C)C(=O)N12)C(=O)Nc1cc(C)ccc1C. The second-order valence-electron chi connectivity index (χ2n) is 8.55. The fourth-order valence-corrected chi connectivity index (χ4v) is 4.84. The van der Waals surface area contributed by atoms with Crippen molar-refractivity contribution in [3.63, 3.8) is 0 Å². The average Bonchev–Trinajstić information content (AvgIpc) is 3.12. The predicted octanol–water partition coefficient (Wildman–Crippen LogP) is 5.07. The van der Waals surface area contributed by atoms with E-state index in [-0.39, 0.29) is 17.7 Å². The predicted molar refractivity (Wildman–Crippen MR) is 132 cm³/mol. The zero-order chi connectivity index (χ0) is 23.0. The number of anilines is 1. The second-order valence-corrected chi connectivity index (χ2v) is 9.72. The highest BCUT2D eigenvalue weighted by atomic mass is 32.2. The summed E-state index contributed by atoms with van der Waals surface area (Å²) in [6, 6.07) is 13.3. The third-order valence-electron chi connectivity index (χ3n) is 5.69. The van der Waals surface area contributed by atoms with Crippen LogP contribution in [0.3, 0.4) is 0 Å². The van der Waals surface area contributed by atoms with Gasteiger partial charge in [0.2, 0.25) is 5.91 Å². The molecule has 166 valence electrons. The summed E-state index contributed by atoms with van der Waals surface area (Å²) < 4.78 is 0. The second kappa shape index (κ2) is 8.90. The summed E-state index contributed by atoms with van der Waals surface area (Å²) in [5.41, 5.74) is 4.53. The van der Waals surface area contributed by atoms with Crippen molar-refractivity contribution in [3.05, 3.63) is 59.2 Å². The lowest BCUT2D eigenvalue weighted by atomic mass is 10.1. The standard InChI is InChI=1S/C25H28N4O2S/c1-6-20(23(30)26-19-13-15(4)11-12-16(19)5)32-25-27-18-10-8-7-9-17(18)22-28-21(14(2)3)24(31)29(22)25/h7-14,20-21H,6H2,1-5H3,(H,26,30)/t20-,21+/m1/s1. The number of thioether (sulfide) groups is 1. The molecule has 0 radical (unpaired) electrons. The number of benzene rings is 2. The number of aryl methyl sites for hydroxylation is 2. The van der Waals surface area contributed by atoms with Crippen LogP contribution in [0.5, 0.6) is 0 Å². The Balaban J connectivity index is 1.64. The molecule has 2 atom stereocenters. The molecule has 0 unspecified atom stereocenters. The van der Waals surface area contributed by atoms with Crippen molar-refractivity contribution in [2.45, 2.75) is 52.3 Å². The molecule has 2 heterocycles. The van der Waals surface area contributed by atoms with Crippen LogP contribution < -0.4 is 5.32 Å². The smallest absolute Gasteiger partial charge is 0.259 e. The summed E-state index contributed by atoms with van der Waals surface area (Å²) in [6.45, 7) is 9.93. The van der Waals surface area contributed by atoms with Gasteiger partial charge in [-0.05, 0) is 55.5 Å². The van der Waals surface area contributed by atoms with Gasteiger partial charge in [0, 0.05) is 11.3 Å². The topological polar surface area (TPSA) is 74.1 Å². The number of nitrogens with zero attached hydrogens (tertiary/aromatic N) is 3. The quantitative estimate of drug-likeness (QED) is 0.694. The molecule has 0 spiro atoms. The highest BCUT2D eigenvalue weighted by molar-refractivity contribution is 8.15. The highest BCUT2D eigenvalue weighted by Crippen LogP contribution is 2.36. The highest BCUT2D eigenvalue weighted by Gasteiger charge is 2.43. The van der Waals surface area contributed by atoms with Crippen LogP contribution in [0.1, 0.15) is 43.9 Å². The van der Waals surface area contributed by atoms with Gasteiger partial charge >= 0.3 is 0 Å². The molecule has 6 nitrogen and oxygen atoms in total. The van der Waals surface area contributed by atoms with Crippen molar-refractivity contribution >= 4 is 46.0 Å². The molecule has 2 aliphatic heterocycles. The van der Waals surface area contributed by atoms with Gasteiger partial charge in [0.05, 0.1) is 10.9 Å². The van der Waals surface area contributed by atoms with Gasteiger partial charge in [-0.3, -0.25) is 14.6 Å². The maximum Gasteiger partial charge on any atom is 0.259 e. The van der Waals surface area contributed by atoms with Gasteiger partial charge < -0.3 is 5.32 Å². The van der Waals surface area contributed by atoms with E-state index < -0.39 is 11.3 Å². The number of aliphatic imine (C=N–C) groups is 2. The number of amides is 2. The van der Waals surface area contributed by atoms with Gasteiger partial charge in [0.1, 0.15) is 11.9 Å². The van der Waals surface area contributed by atoms with Gasteiger partial charge in [-0.15, -0.1) is 0 Å². The minimum absolute atomic E-state index is 0.0774. The molecule has 0 aliphatic carbocycles. The Morgan fingerprint density at radius 3 is 2.66 bits per heavy atom. The lowest BCUT2D eigenvalue weighted by Crippen LogP contribution is -2.43. The van der Waals surface area contributed by atoms with Crippen LogP contribution >= 0.6 is 11.8 Å². The molecule has 0 bridgehead atoms. The number of para-hydroxylation sites is 1. The number of carbonyl (C=O) groups is 2. The number of hydrogen-bond acceptors (Lipinski definition) is 5. The summed E-state index contributed by atoms with van der Waals surface area (Å²) in [6.07, 6.45) is 0.601. The van der Waals surface area contributed by atoms with Crippen molar-refractivity contribution < 1.29 is 9.59 Å². The first-order valence-corrected chi connectivity index (χ1v) is 11.8. The monoisotopic (exact) mass is 448 g/mol. The van der Waals surface area contributed by atoms with Crippen LogP contribution in [0.4, 0.5) is 11.4 Å². The fourth-order valence-electron chi connectivity index (χ4n) is 3.82. The zero-order valence-electron chi connectivity index (χ0n) is 19.0. The first kappa shape index (κ1) is 22.3. The average molecular weight is 449 g/mol. The number of nitrogens with one attached hydrogen (secondary N) is 1. The van der Waals surface area contributed by atoms with Crippen LogP contribution in [0.2, 0.25) is 0 Å². The Morgan fingerprint density at radius 2 is 1.94 bits per heavy atom. The largest absolute Gasteiger partial charge is 0.325 e. The normalized spacial score (nSPS) is 18.1. The van der Waals surface area contributed by atoms with Crippen molar-refractivity contribution in [2.24, 2.45) is 15.9 Å². The van der Waals surface area contributed by atoms with Crippen LogP contribution in [0.15, 0.2) is 52.4 Å². The molecule has 0 aromatic heterocycles. The van der Waals surface area contributed by atoms with E-state index in [0.717, 1.165) is 28.1 Å². The Kier molecular flexibility index (Phi) is 6.20. The van der Waals surface area contributed by atoms with E-state index in [9.17, 15) is 9.59 Å². The van der Waals surface area contributed by atoms with Crippen molar-refractivity contribution in [2.75, 3.05) is 5.32 Å². The van der Waals surface area contributed by atoms with Gasteiger partial charge in [-0.1, -0.05) is 56.8 Å². The van der Waals surface area contributed by atoms with E-state index in [0.29, 0.717) is 17.4 Å². The molecular weight excluding hydrogens is 420 g/mol. The number of hydrogen-bond donors (Lipinski definition) is 1. The molecule has 0 saturated heterocycles. The molecule has 32 heavy (non-hydrogen) atoms. The number of rotatable bonds is 5. The van der Waals surface area contributed by atoms with Gasteiger partial charge in [0.15, 0.2) is 5.17 Å². The molecule has 2 amide bonds. The van der Waals surface area contributed by atoms with Crippen molar-refractivity contribution in [3.8, 4) is 0 Å². The maximum absolute atomic E-state index is 13.2. The van der Waals surface area contributed by atoms with Crippen LogP contribution in [-0.2, 0) is 9.59 Å². The van der Waals surface area contributed by atoms with Gasteiger partial charge in [-0.2, -0.15) is 0 Å². The van der Waals surface area contributed by atoms with Crippen LogP contribution in [0, 0.1) is 19.8 Å². The summed E-state index contributed by atoms with van der Waals surface area (Å²) in [5.74, 6) is 0.527. The number of fused-ring (bicyclic) bond motifs is 3. The Hall–Kier alpha value is -2.93. The number of carbonyl (C=O) groups excluding carboxylic acids is 2. The Bertz CT molecular complexity index is 1140. The molecule has 0 fully saturated rings. The Labute approximate surface area is 193 Å². The zero-order valence-corrected chi connectivity index (χ0v) is 19.9. The molecule has 2 aromatic rings. The summed E-state index contributed by atoms with van der Waals surface area (Å²) in [5, 5.41) is 3.18. The lowest BCUT2D eigenvalue weighted by Gasteiger charge is -2.27. The molecule has 1 N–H and O–H groups in total. The molecule has 2 aliphatic rings. The molecular formula is C25H28N4O2S. The minimum atomic E-state index is -0.439. The minimum Gasteiger partial charge on any atom is -0.325 e. The molecule has 4 rings (SSSR count). The van der Waals surface area contributed by atoms with Gasteiger partial charge in [0.25, 0.3) is 5.91 Å². The lowest BCUT2D eigenvalue weighted by molar-refractivity contribution is -0.125. The first-order valence-electron chi connectivity index (χ1n) is 10.9. The van der Waals surface area contributed by atoms with E-state index in [1.54, 1.807) is 4.90 Å². The summed E-state index contributed by atoms with van der Waals surface area (Å²) in [4.78, 5) is 37.5. The van der Waals surface area contributed by atoms with E-state index in [1.165, 1.54) is 11.8 Å². The summed E-state index contributed by atoms with van der Waals surface area (Å²) >= 11 is 1.32. The van der Waals surface area contributed by atoms with E-state index in [1.807, 2.05) is 77.1 Å². The van der Waals surface area contributed by atoms with E-state index >= 15 is 0 Å².